The van der Waals surface area contributed by atoms with Crippen molar-refractivity contribution in [3.8, 4) is 0 Å². The van der Waals surface area contributed by atoms with E-state index < -0.39 is 0 Å². The third kappa shape index (κ3) is 1.58. The van der Waals surface area contributed by atoms with Crippen molar-refractivity contribution in [1.29, 1.82) is 0 Å². The summed E-state index contributed by atoms with van der Waals surface area (Å²) in [6.45, 7) is 0. The number of hydrogen-bond acceptors (Lipinski definition) is 2. The van der Waals surface area contributed by atoms with Crippen LogP contribution in [0.3, 0.4) is 0 Å². The molecule has 2 aromatic rings. The van der Waals surface area contributed by atoms with Gasteiger partial charge in [0.05, 0.1) is 6.42 Å². The number of aldehydes is 1. The highest BCUT2D eigenvalue weighted by atomic mass is 35.5. The minimum absolute atomic E-state index is 0.312. The lowest BCUT2D eigenvalue weighted by Crippen LogP contribution is -1.78. The van der Waals surface area contributed by atoms with Gasteiger partial charge in [-0.2, -0.15) is 0 Å². The fourth-order valence-electron chi connectivity index (χ4n) is 1.24. The highest BCUT2D eigenvalue weighted by Crippen LogP contribution is 2.22. The molecular formula is C10H7ClO2. The first-order chi connectivity index (χ1) is 6.29. The Kier molecular flexibility index (Phi) is 2.07. The van der Waals surface area contributed by atoms with Crippen LogP contribution in [0.5, 0.6) is 0 Å². The molecule has 66 valence electrons. The fraction of sp³-hybridized carbons (Fsp3) is 0.100. The van der Waals surface area contributed by atoms with E-state index in [1.165, 1.54) is 0 Å². The lowest BCUT2D eigenvalue weighted by Gasteiger charge is -1.87. The molecule has 0 saturated heterocycles. The Hall–Kier alpha value is -1.28. The zero-order chi connectivity index (χ0) is 9.26. The first-order valence-corrected chi connectivity index (χ1v) is 4.29. The number of fused-ring (bicyclic) bond motifs is 1. The van der Waals surface area contributed by atoms with E-state index in [1.807, 2.05) is 12.1 Å². The molecule has 1 aromatic carbocycles. The molecule has 0 amide bonds. The van der Waals surface area contributed by atoms with Gasteiger partial charge < -0.3 is 9.21 Å². The Labute approximate surface area is 80.1 Å². The Morgan fingerprint density at radius 2 is 2.23 bits per heavy atom. The van der Waals surface area contributed by atoms with Crippen LogP contribution in [0.15, 0.2) is 28.7 Å². The highest BCUT2D eigenvalue weighted by Gasteiger charge is 2.02. The van der Waals surface area contributed by atoms with Crippen LogP contribution in [0.4, 0.5) is 0 Å². The molecule has 0 unspecified atom stereocenters. The van der Waals surface area contributed by atoms with Crippen LogP contribution < -0.4 is 0 Å². The van der Waals surface area contributed by atoms with E-state index in [1.54, 1.807) is 12.1 Å². The maximum Gasteiger partial charge on any atom is 0.135 e. The third-order valence-corrected chi connectivity index (χ3v) is 2.05. The molecule has 2 rings (SSSR count). The van der Waals surface area contributed by atoms with Gasteiger partial charge >= 0.3 is 0 Å². The second kappa shape index (κ2) is 3.23. The van der Waals surface area contributed by atoms with Gasteiger partial charge in [-0.15, -0.1) is 0 Å². The normalized spacial score (nSPS) is 10.5. The SMILES string of the molecule is O=CCc1cc2ccc(Cl)cc2o1. The number of furan rings is 1. The average molecular weight is 195 g/mol. The quantitative estimate of drug-likeness (QED) is 0.689. The van der Waals surface area contributed by atoms with Gasteiger partial charge in [0.25, 0.3) is 0 Å². The molecule has 0 N–H and O–H groups in total. The molecule has 13 heavy (non-hydrogen) atoms. The minimum Gasteiger partial charge on any atom is -0.461 e. The predicted octanol–water partition coefficient (Wildman–Crippen LogP) is 2.83. The van der Waals surface area contributed by atoms with Crippen molar-refractivity contribution < 1.29 is 9.21 Å². The Balaban J connectivity index is 2.55. The molecule has 0 aliphatic rings. The van der Waals surface area contributed by atoms with Crippen molar-refractivity contribution in [1.82, 2.24) is 0 Å². The van der Waals surface area contributed by atoms with Gasteiger partial charge in [0.15, 0.2) is 0 Å². The number of halogens is 1. The van der Waals surface area contributed by atoms with E-state index in [-0.39, 0.29) is 0 Å². The number of carbonyl (C=O) groups excluding carboxylic acids is 1. The molecule has 2 nitrogen and oxygen atoms in total. The van der Waals surface area contributed by atoms with Crippen molar-refractivity contribution in [2.45, 2.75) is 6.42 Å². The van der Waals surface area contributed by atoms with Crippen molar-refractivity contribution in [3.05, 3.63) is 35.0 Å². The van der Waals surface area contributed by atoms with Crippen LogP contribution in [0, 0.1) is 0 Å². The summed E-state index contributed by atoms with van der Waals surface area (Å²) >= 11 is 5.78. The standard InChI is InChI=1S/C10H7ClO2/c11-8-2-1-7-5-9(3-4-12)13-10(7)6-8/h1-2,4-6H,3H2. The predicted molar refractivity (Wildman–Crippen MR) is 51.0 cm³/mol. The molecule has 3 heteroatoms. The second-order valence-electron chi connectivity index (χ2n) is 2.77. The van der Waals surface area contributed by atoms with Crippen LogP contribution >= 0.6 is 11.6 Å². The Morgan fingerprint density at radius 3 is 3.00 bits per heavy atom. The van der Waals surface area contributed by atoms with Gasteiger partial charge in [-0.3, -0.25) is 0 Å². The molecular weight excluding hydrogens is 188 g/mol. The monoisotopic (exact) mass is 194 g/mol. The van der Waals surface area contributed by atoms with Gasteiger partial charge in [-0.1, -0.05) is 11.6 Å². The summed E-state index contributed by atoms with van der Waals surface area (Å²) in [4.78, 5) is 10.2. The van der Waals surface area contributed by atoms with E-state index in [0.29, 0.717) is 17.2 Å². The fourth-order valence-corrected chi connectivity index (χ4v) is 1.40. The lowest BCUT2D eigenvalue weighted by atomic mass is 10.2. The van der Waals surface area contributed by atoms with Crippen LogP contribution in [0.2, 0.25) is 5.02 Å². The molecule has 1 heterocycles. The van der Waals surface area contributed by atoms with Crippen LogP contribution in [-0.4, -0.2) is 6.29 Å². The summed E-state index contributed by atoms with van der Waals surface area (Å²) in [5.74, 6) is 0.673. The van der Waals surface area contributed by atoms with E-state index in [9.17, 15) is 4.79 Å². The molecule has 0 saturated carbocycles. The molecule has 1 aromatic heterocycles. The molecule has 0 radical (unpaired) electrons. The van der Waals surface area contributed by atoms with Crippen molar-refractivity contribution in [3.63, 3.8) is 0 Å². The average Bonchev–Trinajstić information content (AvgIpc) is 2.46. The van der Waals surface area contributed by atoms with Gasteiger partial charge in [-0.05, 0) is 24.3 Å². The largest absolute Gasteiger partial charge is 0.461 e. The Bertz CT molecular complexity index is 445. The van der Waals surface area contributed by atoms with E-state index in [2.05, 4.69) is 0 Å². The Morgan fingerprint density at radius 1 is 1.38 bits per heavy atom. The maximum atomic E-state index is 10.2. The van der Waals surface area contributed by atoms with E-state index >= 15 is 0 Å². The second-order valence-corrected chi connectivity index (χ2v) is 3.20. The molecule has 0 fully saturated rings. The van der Waals surface area contributed by atoms with Crippen molar-refractivity contribution in [2.24, 2.45) is 0 Å². The highest BCUT2D eigenvalue weighted by molar-refractivity contribution is 6.31. The zero-order valence-electron chi connectivity index (χ0n) is 6.79. The van der Waals surface area contributed by atoms with Gasteiger partial charge in [0, 0.05) is 10.4 Å². The van der Waals surface area contributed by atoms with Crippen LogP contribution in [0.25, 0.3) is 11.0 Å². The molecule has 0 aliphatic carbocycles. The molecule has 0 bridgehead atoms. The zero-order valence-corrected chi connectivity index (χ0v) is 7.54. The lowest BCUT2D eigenvalue weighted by molar-refractivity contribution is -0.107. The molecule has 0 aliphatic heterocycles. The van der Waals surface area contributed by atoms with Crippen molar-refractivity contribution in [2.75, 3.05) is 0 Å². The van der Waals surface area contributed by atoms with E-state index in [0.717, 1.165) is 17.3 Å². The minimum atomic E-state index is 0.312. The number of rotatable bonds is 2. The number of hydrogen-bond donors (Lipinski definition) is 0. The molecule has 0 spiro atoms. The van der Waals surface area contributed by atoms with Crippen molar-refractivity contribution >= 4 is 28.9 Å². The summed E-state index contributed by atoms with van der Waals surface area (Å²) in [6.07, 6.45) is 1.13. The smallest absolute Gasteiger partial charge is 0.135 e. The van der Waals surface area contributed by atoms with Gasteiger partial charge in [0.2, 0.25) is 0 Å². The third-order valence-electron chi connectivity index (χ3n) is 1.82. The number of carbonyl (C=O) groups is 1. The summed E-state index contributed by atoms with van der Waals surface area (Å²) < 4.78 is 5.37. The number of benzene rings is 1. The maximum absolute atomic E-state index is 10.2. The first kappa shape index (κ1) is 8.32. The first-order valence-electron chi connectivity index (χ1n) is 3.91. The summed E-state index contributed by atoms with van der Waals surface area (Å²) in [6, 6.07) is 7.25. The summed E-state index contributed by atoms with van der Waals surface area (Å²) in [5.41, 5.74) is 0.726. The van der Waals surface area contributed by atoms with Crippen LogP contribution in [-0.2, 0) is 11.2 Å². The summed E-state index contributed by atoms with van der Waals surface area (Å²) in [5, 5.41) is 1.61. The van der Waals surface area contributed by atoms with E-state index in [4.69, 9.17) is 16.0 Å². The van der Waals surface area contributed by atoms with Crippen LogP contribution in [0.1, 0.15) is 5.76 Å². The van der Waals surface area contributed by atoms with Gasteiger partial charge in [0.1, 0.15) is 17.6 Å². The summed E-state index contributed by atoms with van der Waals surface area (Å²) in [7, 11) is 0. The van der Waals surface area contributed by atoms with Gasteiger partial charge in [-0.25, -0.2) is 0 Å². The molecule has 0 atom stereocenters. The topological polar surface area (TPSA) is 30.2 Å².